The minimum absolute atomic E-state index is 0.0270. The summed E-state index contributed by atoms with van der Waals surface area (Å²) in [7, 11) is 0. The third kappa shape index (κ3) is 5.36. The van der Waals surface area contributed by atoms with Crippen LogP contribution in [0.4, 0.5) is 19.1 Å². The topological polar surface area (TPSA) is 75.3 Å². The zero-order valence-electron chi connectivity index (χ0n) is 18.8. The summed E-state index contributed by atoms with van der Waals surface area (Å²) in [5.41, 5.74) is 8.21. The van der Waals surface area contributed by atoms with Crippen LogP contribution in [-0.2, 0) is 19.1 Å². The Kier molecular flexibility index (Phi) is 6.83. The molecule has 9 heteroatoms. The van der Waals surface area contributed by atoms with Gasteiger partial charge in [0.15, 0.2) is 0 Å². The zero-order chi connectivity index (χ0) is 24.3. The summed E-state index contributed by atoms with van der Waals surface area (Å²) in [6.45, 7) is 5.90. The second-order valence-electron chi connectivity index (χ2n) is 8.26. The highest BCUT2D eigenvalue weighted by Gasteiger charge is 2.30. The van der Waals surface area contributed by atoms with Crippen LogP contribution in [0.25, 0.3) is 11.3 Å². The number of amides is 1. The molecule has 0 saturated carbocycles. The maximum atomic E-state index is 12.9. The first-order chi connectivity index (χ1) is 16.2. The van der Waals surface area contributed by atoms with Crippen LogP contribution in [0.3, 0.4) is 0 Å². The summed E-state index contributed by atoms with van der Waals surface area (Å²) in [5.74, 6) is -0.369. The number of anilines is 1. The molecule has 1 aliphatic rings. The van der Waals surface area contributed by atoms with Crippen molar-refractivity contribution in [3.8, 4) is 11.3 Å². The van der Waals surface area contributed by atoms with Crippen molar-refractivity contribution in [1.82, 2.24) is 14.9 Å². The van der Waals surface area contributed by atoms with Gasteiger partial charge in [0.1, 0.15) is 5.69 Å². The second-order valence-corrected chi connectivity index (χ2v) is 8.26. The SMILES string of the molecule is CCc1ccccc1CN1CCN(c2nc(C(N)=O)cc(-c3ccc(C(F)(F)F)cc3)n2)CC1. The van der Waals surface area contributed by atoms with E-state index in [2.05, 4.69) is 46.1 Å². The molecule has 0 aliphatic carbocycles. The lowest BCUT2D eigenvalue weighted by molar-refractivity contribution is -0.137. The van der Waals surface area contributed by atoms with Gasteiger partial charge >= 0.3 is 6.18 Å². The minimum atomic E-state index is -4.43. The first kappa shape index (κ1) is 23.7. The molecule has 2 N–H and O–H groups in total. The standard InChI is InChI=1S/C25H26F3N5O/c1-2-17-5-3-4-6-19(17)16-32-11-13-33(14-12-32)24-30-21(15-22(31-24)23(29)34)18-7-9-20(10-8-18)25(26,27)28/h3-10,15H,2,11-14,16H2,1H3,(H2,29,34). The molecule has 0 unspecified atom stereocenters. The van der Waals surface area contributed by atoms with Gasteiger partial charge in [0.05, 0.1) is 11.3 Å². The maximum absolute atomic E-state index is 12.9. The van der Waals surface area contributed by atoms with Crippen molar-refractivity contribution in [3.63, 3.8) is 0 Å². The zero-order valence-corrected chi connectivity index (χ0v) is 18.8. The van der Waals surface area contributed by atoms with Gasteiger partial charge in [0.2, 0.25) is 5.95 Å². The molecule has 34 heavy (non-hydrogen) atoms. The number of rotatable bonds is 6. The van der Waals surface area contributed by atoms with E-state index in [1.165, 1.54) is 29.3 Å². The summed E-state index contributed by atoms with van der Waals surface area (Å²) >= 11 is 0. The van der Waals surface area contributed by atoms with Crippen LogP contribution in [0.5, 0.6) is 0 Å². The van der Waals surface area contributed by atoms with Gasteiger partial charge in [-0.25, -0.2) is 9.97 Å². The number of hydrogen-bond acceptors (Lipinski definition) is 5. The summed E-state index contributed by atoms with van der Waals surface area (Å²) in [6.07, 6.45) is -3.44. The Morgan fingerprint density at radius 2 is 1.62 bits per heavy atom. The van der Waals surface area contributed by atoms with Gasteiger partial charge in [-0.05, 0) is 35.7 Å². The van der Waals surface area contributed by atoms with Crippen LogP contribution >= 0.6 is 0 Å². The summed E-state index contributed by atoms with van der Waals surface area (Å²) < 4.78 is 38.7. The fourth-order valence-corrected chi connectivity index (χ4v) is 4.08. The Hall–Kier alpha value is -3.46. The van der Waals surface area contributed by atoms with Crippen molar-refractivity contribution < 1.29 is 18.0 Å². The largest absolute Gasteiger partial charge is 0.416 e. The van der Waals surface area contributed by atoms with Crippen LogP contribution in [0.15, 0.2) is 54.6 Å². The highest BCUT2D eigenvalue weighted by Crippen LogP contribution is 2.31. The molecule has 2 aromatic carbocycles. The van der Waals surface area contributed by atoms with Crippen molar-refractivity contribution in [3.05, 3.63) is 77.0 Å². The van der Waals surface area contributed by atoms with E-state index in [4.69, 9.17) is 5.73 Å². The van der Waals surface area contributed by atoms with E-state index in [0.29, 0.717) is 30.3 Å². The molecule has 178 valence electrons. The molecule has 3 aromatic rings. The third-order valence-corrected chi connectivity index (χ3v) is 6.02. The number of benzene rings is 2. The van der Waals surface area contributed by atoms with Crippen molar-refractivity contribution in [2.75, 3.05) is 31.1 Å². The van der Waals surface area contributed by atoms with Gasteiger partial charge in [-0.3, -0.25) is 9.69 Å². The molecular weight excluding hydrogens is 443 g/mol. The number of carbonyl (C=O) groups excluding carboxylic acids is 1. The lowest BCUT2D eigenvalue weighted by atomic mass is 10.0. The van der Waals surface area contributed by atoms with Gasteiger partial charge in [0, 0.05) is 38.3 Å². The molecule has 1 fully saturated rings. The highest BCUT2D eigenvalue weighted by molar-refractivity contribution is 5.92. The molecule has 0 atom stereocenters. The van der Waals surface area contributed by atoms with Crippen molar-refractivity contribution in [2.24, 2.45) is 5.73 Å². The number of halogens is 3. The average Bonchev–Trinajstić information content (AvgIpc) is 2.84. The summed E-state index contributed by atoms with van der Waals surface area (Å²) in [4.78, 5) is 25.1. The molecule has 4 rings (SSSR count). The van der Waals surface area contributed by atoms with E-state index in [-0.39, 0.29) is 5.69 Å². The number of primary amides is 1. The Bertz CT molecular complexity index is 1160. The van der Waals surface area contributed by atoms with Crippen molar-refractivity contribution in [1.29, 1.82) is 0 Å². The van der Waals surface area contributed by atoms with Gasteiger partial charge in [0.25, 0.3) is 5.91 Å². The molecule has 1 amide bonds. The first-order valence-electron chi connectivity index (χ1n) is 11.1. The molecule has 6 nitrogen and oxygen atoms in total. The summed E-state index contributed by atoms with van der Waals surface area (Å²) in [6, 6.07) is 14.5. The Balaban J connectivity index is 1.52. The normalized spacial score (nSPS) is 14.9. The molecule has 0 bridgehead atoms. The average molecular weight is 470 g/mol. The Morgan fingerprint density at radius 1 is 0.971 bits per heavy atom. The smallest absolute Gasteiger partial charge is 0.364 e. The van der Waals surface area contributed by atoms with Gasteiger partial charge in [-0.15, -0.1) is 0 Å². The second kappa shape index (κ2) is 9.80. The van der Waals surface area contributed by atoms with E-state index in [1.807, 2.05) is 4.90 Å². The number of hydrogen-bond donors (Lipinski definition) is 1. The maximum Gasteiger partial charge on any atom is 0.416 e. The quantitative estimate of drug-likeness (QED) is 0.587. The fraction of sp³-hybridized carbons (Fsp3) is 0.320. The Morgan fingerprint density at radius 3 is 2.21 bits per heavy atom. The van der Waals surface area contributed by atoms with Crippen molar-refractivity contribution >= 4 is 11.9 Å². The monoisotopic (exact) mass is 469 g/mol. The fourth-order valence-electron chi connectivity index (χ4n) is 4.08. The molecule has 2 heterocycles. The van der Waals surface area contributed by atoms with Gasteiger partial charge in [-0.1, -0.05) is 43.3 Å². The number of carbonyl (C=O) groups is 1. The Labute approximate surface area is 196 Å². The van der Waals surface area contributed by atoms with E-state index in [9.17, 15) is 18.0 Å². The van der Waals surface area contributed by atoms with Gasteiger partial charge in [-0.2, -0.15) is 13.2 Å². The van der Waals surface area contributed by atoms with E-state index in [1.54, 1.807) is 0 Å². The lowest BCUT2D eigenvalue weighted by Gasteiger charge is -2.35. The summed E-state index contributed by atoms with van der Waals surface area (Å²) in [5, 5.41) is 0. The molecule has 0 radical (unpaired) electrons. The molecule has 1 aromatic heterocycles. The predicted octanol–water partition coefficient (Wildman–Crippen LogP) is 4.15. The molecule has 0 spiro atoms. The molecule has 1 aliphatic heterocycles. The predicted molar refractivity (Wildman–Crippen MR) is 124 cm³/mol. The molecular formula is C25H26F3N5O. The van der Waals surface area contributed by atoms with Crippen LogP contribution in [-0.4, -0.2) is 47.0 Å². The number of aromatic nitrogens is 2. The number of aryl methyl sites for hydroxylation is 1. The van der Waals surface area contributed by atoms with Crippen LogP contribution in [0, 0.1) is 0 Å². The first-order valence-corrected chi connectivity index (χ1v) is 11.1. The number of piperazine rings is 1. The third-order valence-electron chi connectivity index (χ3n) is 6.02. The van der Waals surface area contributed by atoms with E-state index < -0.39 is 17.6 Å². The van der Waals surface area contributed by atoms with Crippen LogP contribution in [0.2, 0.25) is 0 Å². The number of nitrogens with two attached hydrogens (primary N) is 1. The lowest BCUT2D eigenvalue weighted by Crippen LogP contribution is -2.46. The molecule has 1 saturated heterocycles. The van der Waals surface area contributed by atoms with Crippen molar-refractivity contribution in [2.45, 2.75) is 26.1 Å². The van der Waals surface area contributed by atoms with Crippen LogP contribution in [0.1, 0.15) is 34.1 Å². The van der Waals surface area contributed by atoms with Crippen LogP contribution < -0.4 is 10.6 Å². The highest BCUT2D eigenvalue weighted by atomic mass is 19.4. The minimum Gasteiger partial charge on any atom is -0.364 e. The number of nitrogens with zero attached hydrogens (tertiary/aromatic N) is 4. The van der Waals surface area contributed by atoms with E-state index in [0.717, 1.165) is 38.2 Å². The number of alkyl halides is 3. The van der Waals surface area contributed by atoms with E-state index >= 15 is 0 Å². The van der Waals surface area contributed by atoms with Gasteiger partial charge < -0.3 is 10.6 Å².